The molecule has 0 fully saturated rings. The van der Waals surface area contributed by atoms with Crippen molar-refractivity contribution in [1.82, 2.24) is 15.0 Å². The molecule has 0 aromatic carbocycles. The van der Waals surface area contributed by atoms with Crippen LogP contribution in [0.2, 0.25) is 0 Å². The smallest absolute Gasteiger partial charge is 0.326 e. The molecule has 0 saturated carbocycles. The van der Waals surface area contributed by atoms with Crippen molar-refractivity contribution < 1.29 is 19.1 Å². The Hall–Kier alpha value is -2.25. The number of ether oxygens (including phenoxy) is 2. The predicted molar refractivity (Wildman–Crippen MR) is 83.7 cm³/mol. The molecule has 0 atom stereocenters. The summed E-state index contributed by atoms with van der Waals surface area (Å²) in [5, 5.41) is 0. The monoisotopic (exact) mass is 324 g/mol. The van der Waals surface area contributed by atoms with E-state index in [1.54, 1.807) is 41.5 Å². The van der Waals surface area contributed by atoms with Crippen LogP contribution in [0.4, 0.5) is 5.95 Å². The Kier molecular flexibility index (Phi) is 6.00. The van der Waals surface area contributed by atoms with Gasteiger partial charge in [0, 0.05) is 0 Å². The standard InChI is InChI=1S/C15H24N4O4/c1-14(2,3)22-11(20)7-19(13-17-9-16-10-18-13)8-12(21)23-15(4,5)6/h9-10H,7-8H2,1-6H3. The number of rotatable bonds is 5. The molecule has 0 N–H and O–H groups in total. The normalized spacial score (nSPS) is 11.7. The van der Waals surface area contributed by atoms with E-state index < -0.39 is 23.1 Å². The zero-order valence-corrected chi connectivity index (χ0v) is 14.5. The average Bonchev–Trinajstić information content (AvgIpc) is 2.34. The zero-order valence-electron chi connectivity index (χ0n) is 14.5. The summed E-state index contributed by atoms with van der Waals surface area (Å²) in [5.74, 6) is -0.764. The average molecular weight is 324 g/mol. The maximum Gasteiger partial charge on any atom is 0.326 e. The molecular weight excluding hydrogens is 300 g/mol. The maximum atomic E-state index is 12.0. The van der Waals surface area contributed by atoms with Crippen LogP contribution in [0, 0.1) is 0 Å². The van der Waals surface area contributed by atoms with Crippen molar-refractivity contribution in [2.75, 3.05) is 18.0 Å². The Balaban J connectivity index is 2.83. The van der Waals surface area contributed by atoms with Crippen LogP contribution in [0.5, 0.6) is 0 Å². The largest absolute Gasteiger partial charge is 0.459 e. The minimum Gasteiger partial charge on any atom is -0.459 e. The fourth-order valence-electron chi connectivity index (χ4n) is 1.65. The van der Waals surface area contributed by atoms with Gasteiger partial charge in [0.1, 0.15) is 36.9 Å². The summed E-state index contributed by atoms with van der Waals surface area (Å²) in [7, 11) is 0. The number of carbonyl (C=O) groups is 2. The van der Waals surface area contributed by atoms with Crippen LogP contribution in [-0.2, 0) is 19.1 Å². The SMILES string of the molecule is CC(C)(C)OC(=O)CN(CC(=O)OC(C)(C)C)c1ncncn1. The summed E-state index contributed by atoms with van der Waals surface area (Å²) < 4.78 is 10.5. The van der Waals surface area contributed by atoms with E-state index in [0.29, 0.717) is 0 Å². The highest BCUT2D eigenvalue weighted by molar-refractivity contribution is 5.80. The third-order valence-electron chi connectivity index (χ3n) is 2.24. The lowest BCUT2D eigenvalue weighted by atomic mass is 10.2. The summed E-state index contributed by atoms with van der Waals surface area (Å²) in [4.78, 5) is 37.1. The molecule has 0 radical (unpaired) electrons. The number of hydrogen-bond donors (Lipinski definition) is 0. The van der Waals surface area contributed by atoms with Crippen LogP contribution in [0.3, 0.4) is 0 Å². The quantitative estimate of drug-likeness (QED) is 0.749. The van der Waals surface area contributed by atoms with Gasteiger partial charge in [-0.15, -0.1) is 0 Å². The number of carbonyl (C=O) groups excluding carboxylic acids is 2. The molecule has 0 spiro atoms. The van der Waals surface area contributed by atoms with E-state index in [9.17, 15) is 9.59 Å². The molecule has 1 aromatic heterocycles. The predicted octanol–water partition coefficient (Wildman–Crippen LogP) is 1.36. The van der Waals surface area contributed by atoms with E-state index in [-0.39, 0.29) is 19.0 Å². The van der Waals surface area contributed by atoms with E-state index in [1.165, 1.54) is 17.6 Å². The Morgan fingerprint density at radius 3 is 1.65 bits per heavy atom. The van der Waals surface area contributed by atoms with Gasteiger partial charge in [0.05, 0.1) is 0 Å². The fraction of sp³-hybridized carbons (Fsp3) is 0.667. The highest BCUT2D eigenvalue weighted by Gasteiger charge is 2.24. The number of aromatic nitrogens is 3. The van der Waals surface area contributed by atoms with Crippen molar-refractivity contribution in [3.05, 3.63) is 12.7 Å². The van der Waals surface area contributed by atoms with E-state index in [4.69, 9.17) is 9.47 Å². The van der Waals surface area contributed by atoms with Gasteiger partial charge >= 0.3 is 11.9 Å². The first-order valence-corrected chi connectivity index (χ1v) is 7.27. The molecule has 0 saturated heterocycles. The molecule has 0 amide bonds. The van der Waals surface area contributed by atoms with Crippen LogP contribution < -0.4 is 4.90 Å². The minimum atomic E-state index is -0.617. The number of anilines is 1. The zero-order chi connectivity index (χ0) is 17.7. The fourth-order valence-corrected chi connectivity index (χ4v) is 1.65. The maximum absolute atomic E-state index is 12.0. The van der Waals surface area contributed by atoms with Crippen LogP contribution in [0.1, 0.15) is 41.5 Å². The third-order valence-corrected chi connectivity index (χ3v) is 2.24. The van der Waals surface area contributed by atoms with Crippen LogP contribution in [0.25, 0.3) is 0 Å². The van der Waals surface area contributed by atoms with Crippen molar-refractivity contribution in [1.29, 1.82) is 0 Å². The van der Waals surface area contributed by atoms with E-state index in [2.05, 4.69) is 15.0 Å². The Morgan fingerprint density at radius 1 is 0.913 bits per heavy atom. The van der Waals surface area contributed by atoms with Crippen LogP contribution in [-0.4, -0.2) is 51.2 Å². The van der Waals surface area contributed by atoms with Gasteiger partial charge < -0.3 is 14.4 Å². The summed E-state index contributed by atoms with van der Waals surface area (Å²) in [6.45, 7) is 10.3. The van der Waals surface area contributed by atoms with Crippen LogP contribution in [0.15, 0.2) is 12.7 Å². The van der Waals surface area contributed by atoms with Gasteiger partial charge in [0.25, 0.3) is 0 Å². The summed E-state index contributed by atoms with van der Waals surface area (Å²) in [5.41, 5.74) is -1.23. The Bertz CT molecular complexity index is 505. The lowest BCUT2D eigenvalue weighted by Crippen LogP contribution is -2.40. The first kappa shape index (κ1) is 18.8. The van der Waals surface area contributed by atoms with Gasteiger partial charge in [-0.1, -0.05) is 0 Å². The van der Waals surface area contributed by atoms with Crippen LogP contribution >= 0.6 is 0 Å². The molecule has 1 heterocycles. The molecule has 128 valence electrons. The minimum absolute atomic E-state index is 0.166. The van der Waals surface area contributed by atoms with Gasteiger partial charge in [-0.05, 0) is 41.5 Å². The number of esters is 2. The van der Waals surface area contributed by atoms with E-state index in [1.807, 2.05) is 0 Å². The van der Waals surface area contributed by atoms with Crippen molar-refractivity contribution in [3.63, 3.8) is 0 Å². The highest BCUT2D eigenvalue weighted by atomic mass is 16.6. The molecule has 0 aliphatic carbocycles. The lowest BCUT2D eigenvalue weighted by Gasteiger charge is -2.26. The van der Waals surface area contributed by atoms with Gasteiger partial charge in [0.15, 0.2) is 0 Å². The van der Waals surface area contributed by atoms with Crippen molar-refractivity contribution in [2.45, 2.75) is 52.7 Å². The lowest BCUT2D eigenvalue weighted by molar-refractivity contribution is -0.154. The summed E-state index contributed by atoms with van der Waals surface area (Å²) >= 11 is 0. The second-order valence-corrected chi connectivity index (χ2v) is 6.97. The van der Waals surface area contributed by atoms with Gasteiger partial charge in [-0.2, -0.15) is 0 Å². The highest BCUT2D eigenvalue weighted by Crippen LogP contribution is 2.12. The first-order chi connectivity index (χ1) is 10.5. The second-order valence-electron chi connectivity index (χ2n) is 6.97. The molecule has 8 nitrogen and oxygen atoms in total. The number of nitrogens with zero attached hydrogens (tertiary/aromatic N) is 4. The summed E-state index contributed by atoms with van der Waals surface area (Å²) in [6, 6.07) is 0. The van der Waals surface area contributed by atoms with Gasteiger partial charge in [-0.25, -0.2) is 15.0 Å². The molecule has 1 aromatic rings. The molecule has 8 heteroatoms. The second kappa shape index (κ2) is 7.34. The van der Waals surface area contributed by atoms with Gasteiger partial charge in [0.2, 0.25) is 5.95 Å². The van der Waals surface area contributed by atoms with Crippen molar-refractivity contribution in [2.24, 2.45) is 0 Å². The number of hydrogen-bond acceptors (Lipinski definition) is 8. The third kappa shape index (κ3) is 8.08. The van der Waals surface area contributed by atoms with Crippen molar-refractivity contribution >= 4 is 17.9 Å². The van der Waals surface area contributed by atoms with Crippen molar-refractivity contribution in [3.8, 4) is 0 Å². The molecule has 0 aliphatic heterocycles. The van der Waals surface area contributed by atoms with E-state index >= 15 is 0 Å². The topological polar surface area (TPSA) is 94.5 Å². The Labute approximate surface area is 136 Å². The van der Waals surface area contributed by atoms with E-state index in [0.717, 1.165) is 0 Å². The van der Waals surface area contributed by atoms with Gasteiger partial charge in [-0.3, -0.25) is 9.59 Å². The first-order valence-electron chi connectivity index (χ1n) is 7.27. The molecule has 1 rings (SSSR count). The summed E-state index contributed by atoms with van der Waals surface area (Å²) in [6.07, 6.45) is 2.58. The molecule has 0 bridgehead atoms. The Morgan fingerprint density at radius 2 is 1.30 bits per heavy atom. The molecule has 23 heavy (non-hydrogen) atoms. The molecule has 0 unspecified atom stereocenters. The molecule has 0 aliphatic rings. The molecular formula is C15H24N4O4.